The summed E-state index contributed by atoms with van der Waals surface area (Å²) in [7, 11) is 8.83. The number of halogens is 2. The van der Waals surface area contributed by atoms with Gasteiger partial charge in [0.1, 0.15) is 0 Å². The van der Waals surface area contributed by atoms with Gasteiger partial charge in [-0.3, -0.25) is 0 Å². The number of benzene rings is 2. The second kappa shape index (κ2) is 13.7. The van der Waals surface area contributed by atoms with Gasteiger partial charge in [-0.2, -0.15) is 0 Å². The standard InChI is InChI=1S/C14H15P.2ClH.2Pd/c1-2-15(13-9-5-3-6-10-13)14-11-7-4-8-12-14;;;;/h3-12H,2H2,1H3;2*1H;;/q;;;2*+1/p-2. The molecule has 19 heavy (non-hydrogen) atoms. The fraction of sp³-hybridized carbons (Fsp3) is 0.143. The van der Waals surface area contributed by atoms with Crippen LogP contribution < -0.4 is 10.6 Å². The summed E-state index contributed by atoms with van der Waals surface area (Å²) < 4.78 is 0. The molecule has 0 aliphatic rings. The number of rotatable bonds is 3. The molecule has 0 heterocycles. The van der Waals surface area contributed by atoms with Gasteiger partial charge < -0.3 is 0 Å². The van der Waals surface area contributed by atoms with Crippen molar-refractivity contribution in [3.05, 3.63) is 60.7 Å². The topological polar surface area (TPSA) is 0 Å². The van der Waals surface area contributed by atoms with Crippen LogP contribution >= 0.6 is 27.0 Å². The molecule has 0 unspecified atom stereocenters. The van der Waals surface area contributed by atoms with Crippen molar-refractivity contribution < 1.29 is 36.4 Å². The van der Waals surface area contributed by atoms with E-state index in [1.165, 1.54) is 16.8 Å². The van der Waals surface area contributed by atoms with E-state index in [4.69, 9.17) is 0 Å². The molecule has 110 valence electrons. The molecule has 0 aliphatic heterocycles. The molecule has 2 rings (SSSR count). The molecular formula is C14H15Cl2PPd2. The first kappa shape index (κ1) is 19.8. The summed E-state index contributed by atoms with van der Waals surface area (Å²) in [5, 5.41) is 2.95. The summed E-state index contributed by atoms with van der Waals surface area (Å²) >= 11 is 4.44. The van der Waals surface area contributed by atoms with Gasteiger partial charge in [-0.05, 0) is 24.7 Å². The van der Waals surface area contributed by atoms with Gasteiger partial charge in [0.05, 0.1) is 0 Å². The normalized spacial score (nSPS) is 9.05. The summed E-state index contributed by atoms with van der Waals surface area (Å²) in [6.45, 7) is 2.27. The van der Waals surface area contributed by atoms with Crippen molar-refractivity contribution in [3.63, 3.8) is 0 Å². The van der Waals surface area contributed by atoms with Crippen LogP contribution in [0.4, 0.5) is 0 Å². The minimum atomic E-state index is -0.149. The summed E-state index contributed by atoms with van der Waals surface area (Å²) in [4.78, 5) is 0. The molecule has 0 N–H and O–H groups in total. The predicted molar refractivity (Wildman–Crippen MR) is 81.3 cm³/mol. The van der Waals surface area contributed by atoms with Gasteiger partial charge >= 0.3 is 55.4 Å². The predicted octanol–water partition coefficient (Wildman–Crippen LogP) is 4.51. The summed E-state index contributed by atoms with van der Waals surface area (Å²) in [5.74, 6) is 0. The van der Waals surface area contributed by atoms with Gasteiger partial charge in [-0.15, -0.1) is 0 Å². The molecule has 2 aromatic carbocycles. The molecule has 0 saturated carbocycles. The van der Waals surface area contributed by atoms with Gasteiger partial charge in [0.25, 0.3) is 0 Å². The summed E-state index contributed by atoms with van der Waals surface area (Å²) in [6.07, 6.45) is 1.21. The van der Waals surface area contributed by atoms with Crippen molar-refractivity contribution >= 4 is 37.6 Å². The zero-order valence-electron chi connectivity index (χ0n) is 10.3. The van der Waals surface area contributed by atoms with Crippen LogP contribution in [0.3, 0.4) is 0 Å². The Labute approximate surface area is 146 Å². The monoisotopic (exact) mass is 496 g/mol. The molecule has 0 aromatic heterocycles. The fourth-order valence-electron chi connectivity index (χ4n) is 1.73. The molecule has 0 atom stereocenters. The van der Waals surface area contributed by atoms with Crippen LogP contribution in [0, 0.1) is 0 Å². The third-order valence-corrected chi connectivity index (χ3v) is 4.93. The Kier molecular flexibility index (Phi) is 14.3. The van der Waals surface area contributed by atoms with Crippen LogP contribution in [-0.2, 0) is 36.4 Å². The van der Waals surface area contributed by atoms with Gasteiger partial charge in [-0.1, -0.05) is 67.6 Å². The first-order valence-electron chi connectivity index (χ1n) is 5.53. The molecule has 0 amide bonds. The first-order valence-corrected chi connectivity index (χ1v) is 11.1. The van der Waals surface area contributed by atoms with E-state index in [1.54, 1.807) is 0 Å². The van der Waals surface area contributed by atoms with Gasteiger partial charge in [0.2, 0.25) is 0 Å². The molecule has 5 heteroatoms. The number of hydrogen-bond donors (Lipinski definition) is 0. The molecule has 0 spiro atoms. The third-order valence-electron chi connectivity index (χ3n) is 2.45. The van der Waals surface area contributed by atoms with Gasteiger partial charge in [0.15, 0.2) is 0 Å². The van der Waals surface area contributed by atoms with E-state index in [-0.39, 0.29) is 7.92 Å². The second-order valence-corrected chi connectivity index (χ2v) is 5.94. The van der Waals surface area contributed by atoms with Crippen molar-refractivity contribution in [2.75, 3.05) is 6.16 Å². The van der Waals surface area contributed by atoms with Crippen LogP contribution in [0.1, 0.15) is 6.92 Å². The average Bonchev–Trinajstić information content (AvgIpc) is 2.54. The maximum atomic E-state index is 4.49. The molecule has 0 bridgehead atoms. The van der Waals surface area contributed by atoms with Crippen LogP contribution in [0.2, 0.25) is 0 Å². The zero-order chi connectivity index (χ0) is 14.5. The van der Waals surface area contributed by atoms with Crippen molar-refractivity contribution in [1.82, 2.24) is 0 Å². The van der Waals surface area contributed by atoms with Gasteiger partial charge in [-0.25, -0.2) is 0 Å². The quantitative estimate of drug-likeness (QED) is 0.432. The van der Waals surface area contributed by atoms with Gasteiger partial charge in [0, 0.05) is 0 Å². The Morgan fingerprint density at radius 3 is 1.32 bits per heavy atom. The second-order valence-electron chi connectivity index (χ2n) is 3.42. The molecule has 0 radical (unpaired) electrons. The molecule has 0 fully saturated rings. The number of hydrogen-bond acceptors (Lipinski definition) is 0. The fourth-order valence-corrected chi connectivity index (χ4v) is 3.82. The molecule has 0 aliphatic carbocycles. The Morgan fingerprint density at radius 2 is 1.05 bits per heavy atom. The molecule has 2 aromatic rings. The van der Waals surface area contributed by atoms with E-state index in [0.717, 1.165) is 0 Å². The van der Waals surface area contributed by atoms with Crippen LogP contribution in [0.5, 0.6) is 0 Å². The van der Waals surface area contributed by atoms with E-state index in [9.17, 15) is 0 Å². The average molecular weight is 498 g/mol. The van der Waals surface area contributed by atoms with E-state index in [1.807, 2.05) is 0 Å². The van der Waals surface area contributed by atoms with E-state index in [2.05, 4.69) is 123 Å². The van der Waals surface area contributed by atoms with E-state index >= 15 is 0 Å². The molecular weight excluding hydrogens is 483 g/mol. The Balaban J connectivity index is 0.000000741. The van der Waals surface area contributed by atoms with Crippen molar-refractivity contribution in [1.29, 1.82) is 0 Å². The molecule has 0 nitrogen and oxygen atoms in total. The maximum absolute atomic E-state index is 4.49. The van der Waals surface area contributed by atoms with Crippen LogP contribution in [0.25, 0.3) is 0 Å². The van der Waals surface area contributed by atoms with E-state index in [0.29, 0.717) is 0 Å². The zero-order valence-corrected chi connectivity index (χ0v) is 15.8. The molecule has 0 saturated heterocycles. The summed E-state index contributed by atoms with van der Waals surface area (Å²) in [6, 6.07) is 21.6. The van der Waals surface area contributed by atoms with Crippen molar-refractivity contribution in [2.24, 2.45) is 0 Å². The van der Waals surface area contributed by atoms with Crippen molar-refractivity contribution in [2.45, 2.75) is 6.92 Å². The van der Waals surface area contributed by atoms with Crippen LogP contribution in [0.15, 0.2) is 60.7 Å². The summed E-state index contributed by atoms with van der Waals surface area (Å²) in [5.41, 5.74) is 0. The van der Waals surface area contributed by atoms with Crippen molar-refractivity contribution in [3.8, 4) is 0 Å². The Bertz CT molecular complexity index is 373. The van der Waals surface area contributed by atoms with E-state index < -0.39 is 0 Å². The SMILES string of the molecule is CCP(c1ccccc1)c1ccccc1.[Cl][Pd].[Cl][Pd]. The Morgan fingerprint density at radius 1 is 0.737 bits per heavy atom. The first-order chi connectivity index (χ1) is 9.42. The minimum absolute atomic E-state index is 0.149. The van der Waals surface area contributed by atoms with Crippen LogP contribution in [-0.4, -0.2) is 6.16 Å². The Hall–Kier alpha value is 0.775. The third kappa shape index (κ3) is 7.37.